The SMILES string of the molecule is CCCCC/C=C/C/C=C/C/C=C/C/C=C/CCCCCC(=O)OC[C@@H](COC(=O)CCCCCCC/C=C/CCCCCC)OC(=O)CCCCCCCCCCC/C=C/CCCCCCCC. The highest BCUT2D eigenvalue weighted by atomic mass is 16.6. The fraction of sp³-hybridized carbons (Fsp3) is 0.762. The molecule has 69 heavy (non-hydrogen) atoms. The summed E-state index contributed by atoms with van der Waals surface area (Å²) in [5.41, 5.74) is 0. The van der Waals surface area contributed by atoms with Gasteiger partial charge in [0, 0.05) is 19.3 Å². The number of allylic oxidation sites excluding steroid dienone is 12. The molecule has 0 aliphatic rings. The number of carbonyl (C=O) groups is 3. The second kappa shape index (κ2) is 57.4. The molecular weight excluding hydrogens is 853 g/mol. The molecule has 0 aromatic rings. The van der Waals surface area contributed by atoms with Crippen LogP contribution in [0.1, 0.15) is 290 Å². The second-order valence-electron chi connectivity index (χ2n) is 19.5. The maximum Gasteiger partial charge on any atom is 0.306 e. The first-order valence-corrected chi connectivity index (χ1v) is 29.4. The summed E-state index contributed by atoms with van der Waals surface area (Å²) in [7, 11) is 0. The highest BCUT2D eigenvalue weighted by molar-refractivity contribution is 5.71. The van der Waals surface area contributed by atoms with Crippen molar-refractivity contribution in [1.29, 1.82) is 0 Å². The fourth-order valence-electron chi connectivity index (χ4n) is 8.18. The van der Waals surface area contributed by atoms with Gasteiger partial charge in [-0.1, -0.05) is 229 Å². The molecule has 0 aromatic heterocycles. The predicted molar refractivity (Wildman–Crippen MR) is 298 cm³/mol. The number of carbonyl (C=O) groups excluding carboxylic acids is 3. The van der Waals surface area contributed by atoms with Crippen LogP contribution in [-0.4, -0.2) is 37.2 Å². The first kappa shape index (κ1) is 65.8. The van der Waals surface area contributed by atoms with E-state index in [1.54, 1.807) is 0 Å². The maximum absolute atomic E-state index is 12.9. The molecule has 398 valence electrons. The summed E-state index contributed by atoms with van der Waals surface area (Å²) in [6.45, 7) is 6.58. The Balaban J connectivity index is 4.42. The number of unbranched alkanes of at least 4 members (excludes halogenated alkanes) is 30. The van der Waals surface area contributed by atoms with Crippen molar-refractivity contribution >= 4 is 17.9 Å². The Hall–Kier alpha value is -3.15. The van der Waals surface area contributed by atoms with Crippen LogP contribution in [0.5, 0.6) is 0 Å². The van der Waals surface area contributed by atoms with Crippen LogP contribution in [0.3, 0.4) is 0 Å². The smallest absolute Gasteiger partial charge is 0.306 e. The lowest BCUT2D eigenvalue weighted by Gasteiger charge is -2.18. The summed E-state index contributed by atoms with van der Waals surface area (Å²) >= 11 is 0. The average Bonchev–Trinajstić information content (AvgIpc) is 3.35. The zero-order valence-corrected chi connectivity index (χ0v) is 45.6. The van der Waals surface area contributed by atoms with Crippen molar-refractivity contribution in [3.63, 3.8) is 0 Å². The largest absolute Gasteiger partial charge is 0.462 e. The van der Waals surface area contributed by atoms with E-state index in [0.29, 0.717) is 19.3 Å². The van der Waals surface area contributed by atoms with Gasteiger partial charge in [-0.05, 0) is 116 Å². The van der Waals surface area contributed by atoms with Crippen LogP contribution >= 0.6 is 0 Å². The Morgan fingerprint density at radius 3 is 0.884 bits per heavy atom. The number of esters is 3. The van der Waals surface area contributed by atoms with Crippen molar-refractivity contribution in [3.05, 3.63) is 72.9 Å². The molecule has 0 aromatic carbocycles. The number of ether oxygens (including phenoxy) is 3. The molecule has 0 aliphatic heterocycles. The average molecular weight is 964 g/mol. The van der Waals surface area contributed by atoms with Gasteiger partial charge < -0.3 is 14.2 Å². The molecule has 0 fully saturated rings. The number of rotatable bonds is 53. The van der Waals surface area contributed by atoms with Crippen LogP contribution in [0.15, 0.2) is 72.9 Å². The highest BCUT2D eigenvalue weighted by Crippen LogP contribution is 2.15. The molecule has 0 bridgehead atoms. The van der Waals surface area contributed by atoms with Crippen LogP contribution in [0.25, 0.3) is 0 Å². The summed E-state index contributed by atoms with van der Waals surface area (Å²) in [6.07, 6.45) is 73.2. The van der Waals surface area contributed by atoms with E-state index in [0.717, 1.165) is 89.9 Å². The van der Waals surface area contributed by atoms with Gasteiger partial charge in [0.1, 0.15) is 13.2 Å². The van der Waals surface area contributed by atoms with E-state index in [1.807, 2.05) is 0 Å². The topological polar surface area (TPSA) is 78.9 Å². The van der Waals surface area contributed by atoms with Crippen molar-refractivity contribution in [1.82, 2.24) is 0 Å². The van der Waals surface area contributed by atoms with Gasteiger partial charge in [-0.3, -0.25) is 14.4 Å². The molecular formula is C63H110O6. The van der Waals surface area contributed by atoms with E-state index in [-0.39, 0.29) is 31.1 Å². The standard InChI is InChI=1S/C63H110O6/c1-4-7-10-13-16-19-22-25-27-29-31-33-35-38-41-44-47-50-53-56-62(65)68-59-60(58-67-61(64)55-52-49-46-43-40-37-24-21-18-15-12-9-6-3)69-63(66)57-54-51-48-45-42-39-36-34-32-30-28-26-23-20-17-14-11-8-5-2/h16,19,21,24-28,31,33,38,41,60H,4-15,17-18,20,22-23,29-30,32,34-37,39-40,42-59H2,1-3H3/b19-16+,24-21+,27-25+,28-26+,33-31+,41-38+/t60-/m1/s1. The molecule has 0 rings (SSSR count). The van der Waals surface area contributed by atoms with Gasteiger partial charge in [0.2, 0.25) is 0 Å². The zero-order valence-electron chi connectivity index (χ0n) is 45.6. The van der Waals surface area contributed by atoms with Crippen LogP contribution < -0.4 is 0 Å². The Bertz CT molecular complexity index is 1290. The van der Waals surface area contributed by atoms with Crippen molar-refractivity contribution < 1.29 is 28.6 Å². The van der Waals surface area contributed by atoms with Crippen LogP contribution in [-0.2, 0) is 28.6 Å². The van der Waals surface area contributed by atoms with Crippen molar-refractivity contribution in [2.24, 2.45) is 0 Å². The highest BCUT2D eigenvalue weighted by Gasteiger charge is 2.19. The predicted octanol–water partition coefficient (Wildman–Crippen LogP) is 19.8. The molecule has 0 N–H and O–H groups in total. The lowest BCUT2D eigenvalue weighted by Crippen LogP contribution is -2.30. The Labute approximate surface area is 427 Å². The van der Waals surface area contributed by atoms with E-state index < -0.39 is 6.10 Å². The first-order chi connectivity index (χ1) is 34.0. The van der Waals surface area contributed by atoms with Crippen molar-refractivity contribution in [2.75, 3.05) is 13.2 Å². The normalized spacial score (nSPS) is 12.6. The summed E-state index contributed by atoms with van der Waals surface area (Å²) in [5.74, 6) is -0.923. The van der Waals surface area contributed by atoms with Gasteiger partial charge in [-0.25, -0.2) is 0 Å². The van der Waals surface area contributed by atoms with Crippen LogP contribution in [0, 0.1) is 0 Å². The third kappa shape index (κ3) is 55.6. The molecule has 0 amide bonds. The fourth-order valence-corrected chi connectivity index (χ4v) is 8.18. The monoisotopic (exact) mass is 963 g/mol. The Kier molecular flexibility index (Phi) is 54.8. The van der Waals surface area contributed by atoms with Gasteiger partial charge in [0.15, 0.2) is 6.10 Å². The molecule has 0 radical (unpaired) electrons. The Morgan fingerprint density at radius 1 is 0.290 bits per heavy atom. The Morgan fingerprint density at radius 2 is 0.522 bits per heavy atom. The molecule has 0 spiro atoms. The lowest BCUT2D eigenvalue weighted by atomic mass is 10.1. The molecule has 0 aliphatic carbocycles. The first-order valence-electron chi connectivity index (χ1n) is 29.4. The summed E-state index contributed by atoms with van der Waals surface area (Å²) < 4.78 is 16.8. The minimum Gasteiger partial charge on any atom is -0.462 e. The minimum atomic E-state index is -0.793. The minimum absolute atomic E-state index is 0.0901. The molecule has 0 saturated heterocycles. The van der Waals surface area contributed by atoms with E-state index in [9.17, 15) is 14.4 Å². The summed E-state index contributed by atoms with van der Waals surface area (Å²) in [5, 5.41) is 0. The number of hydrogen-bond acceptors (Lipinski definition) is 6. The summed E-state index contributed by atoms with van der Waals surface area (Å²) in [4.78, 5) is 38.2. The van der Waals surface area contributed by atoms with E-state index in [2.05, 4.69) is 93.7 Å². The van der Waals surface area contributed by atoms with Gasteiger partial charge in [-0.15, -0.1) is 0 Å². The van der Waals surface area contributed by atoms with Crippen molar-refractivity contribution in [2.45, 2.75) is 297 Å². The quantitative estimate of drug-likeness (QED) is 0.0262. The lowest BCUT2D eigenvalue weighted by molar-refractivity contribution is -0.167. The zero-order chi connectivity index (χ0) is 50.0. The van der Waals surface area contributed by atoms with Crippen molar-refractivity contribution in [3.8, 4) is 0 Å². The van der Waals surface area contributed by atoms with Gasteiger partial charge in [0.05, 0.1) is 0 Å². The van der Waals surface area contributed by atoms with Crippen LogP contribution in [0.2, 0.25) is 0 Å². The molecule has 6 heteroatoms. The molecule has 1 atom stereocenters. The van der Waals surface area contributed by atoms with Gasteiger partial charge in [-0.2, -0.15) is 0 Å². The summed E-state index contributed by atoms with van der Waals surface area (Å²) in [6, 6.07) is 0. The maximum atomic E-state index is 12.9. The third-order valence-corrected chi connectivity index (χ3v) is 12.7. The van der Waals surface area contributed by atoms with E-state index in [4.69, 9.17) is 14.2 Å². The molecule has 6 nitrogen and oxygen atoms in total. The number of hydrogen-bond donors (Lipinski definition) is 0. The second-order valence-corrected chi connectivity index (χ2v) is 19.5. The van der Waals surface area contributed by atoms with E-state index >= 15 is 0 Å². The third-order valence-electron chi connectivity index (χ3n) is 12.7. The van der Waals surface area contributed by atoms with E-state index in [1.165, 1.54) is 161 Å². The van der Waals surface area contributed by atoms with Gasteiger partial charge >= 0.3 is 17.9 Å². The molecule has 0 unspecified atom stereocenters. The molecule has 0 heterocycles. The van der Waals surface area contributed by atoms with Gasteiger partial charge in [0.25, 0.3) is 0 Å². The van der Waals surface area contributed by atoms with Crippen LogP contribution in [0.4, 0.5) is 0 Å². The molecule has 0 saturated carbocycles.